The summed E-state index contributed by atoms with van der Waals surface area (Å²) in [5, 5.41) is 15.8. The molecule has 2 amide bonds. The Balaban J connectivity index is 1.46. The lowest BCUT2D eigenvalue weighted by molar-refractivity contribution is -0.125. The Morgan fingerprint density at radius 2 is 1.97 bits per heavy atom. The molecule has 0 radical (unpaired) electrons. The lowest BCUT2D eigenvalue weighted by Crippen LogP contribution is -2.39. The summed E-state index contributed by atoms with van der Waals surface area (Å²) in [6.07, 6.45) is 4.84. The van der Waals surface area contributed by atoms with Crippen LogP contribution >= 0.6 is 11.6 Å². The molecular formula is C28H31ClFN5O4. The molecule has 1 atom stereocenters. The number of aliphatic hydroxyl groups is 1. The third-order valence-corrected chi connectivity index (χ3v) is 7.07. The molecule has 206 valence electrons. The van der Waals surface area contributed by atoms with E-state index in [0.29, 0.717) is 21.8 Å². The van der Waals surface area contributed by atoms with Crippen molar-refractivity contribution >= 4 is 29.2 Å². The molecular weight excluding hydrogens is 525 g/mol. The van der Waals surface area contributed by atoms with Gasteiger partial charge in [-0.3, -0.25) is 9.59 Å². The summed E-state index contributed by atoms with van der Waals surface area (Å²) in [7, 11) is 1.48. The molecule has 5 N–H and O–H groups in total. The molecule has 3 aromatic rings. The SMILES string of the molecule is COCC(=O)N[C@H]1CC[C@H](c2cnc(N)c(-c3ccc(C(=O)N[C@H](CO)c4cccc(Cl)c4)c(F)c3)n2)CC1. The van der Waals surface area contributed by atoms with Crippen molar-refractivity contribution in [1.29, 1.82) is 0 Å². The Bertz CT molecular complexity index is 1330. The van der Waals surface area contributed by atoms with Gasteiger partial charge in [-0.15, -0.1) is 0 Å². The van der Waals surface area contributed by atoms with Crippen molar-refractivity contribution in [2.45, 2.75) is 43.7 Å². The molecule has 9 nitrogen and oxygen atoms in total. The van der Waals surface area contributed by atoms with Gasteiger partial charge in [0.15, 0.2) is 0 Å². The zero-order valence-corrected chi connectivity index (χ0v) is 22.2. The van der Waals surface area contributed by atoms with Crippen molar-refractivity contribution in [3.05, 3.63) is 76.3 Å². The highest BCUT2D eigenvalue weighted by Crippen LogP contribution is 2.34. The normalized spacial score (nSPS) is 17.8. The van der Waals surface area contributed by atoms with E-state index in [-0.39, 0.29) is 42.5 Å². The minimum absolute atomic E-state index is 0.0354. The quantitative estimate of drug-likeness (QED) is 0.315. The summed E-state index contributed by atoms with van der Waals surface area (Å²) in [5.74, 6) is -1.29. The topological polar surface area (TPSA) is 139 Å². The first kappa shape index (κ1) is 28.4. The number of nitrogens with zero attached hydrogens (tertiary/aromatic N) is 2. The first-order chi connectivity index (χ1) is 18.8. The summed E-state index contributed by atoms with van der Waals surface area (Å²) < 4.78 is 20.0. The molecule has 0 aliphatic heterocycles. The monoisotopic (exact) mass is 555 g/mol. The highest BCUT2D eigenvalue weighted by atomic mass is 35.5. The molecule has 39 heavy (non-hydrogen) atoms. The largest absolute Gasteiger partial charge is 0.394 e. The Kier molecular flexibility index (Phi) is 9.45. The maximum absolute atomic E-state index is 15.1. The molecule has 1 heterocycles. The van der Waals surface area contributed by atoms with Crippen LogP contribution in [0.25, 0.3) is 11.3 Å². The number of anilines is 1. The van der Waals surface area contributed by atoms with Crippen LogP contribution in [0.5, 0.6) is 0 Å². The molecule has 4 rings (SSSR count). The van der Waals surface area contributed by atoms with Crippen LogP contribution in [0.1, 0.15) is 59.3 Å². The van der Waals surface area contributed by atoms with Crippen molar-refractivity contribution in [3.8, 4) is 11.3 Å². The molecule has 0 saturated heterocycles. The van der Waals surface area contributed by atoms with Gasteiger partial charge in [0.05, 0.1) is 30.1 Å². The number of nitrogens with one attached hydrogen (secondary N) is 2. The van der Waals surface area contributed by atoms with E-state index in [1.165, 1.54) is 19.2 Å². The Morgan fingerprint density at radius 1 is 1.21 bits per heavy atom. The third kappa shape index (κ3) is 7.08. The zero-order chi connectivity index (χ0) is 27.9. The van der Waals surface area contributed by atoms with Crippen LogP contribution in [0.2, 0.25) is 5.02 Å². The second kappa shape index (κ2) is 13.0. The number of carbonyl (C=O) groups is 2. The van der Waals surface area contributed by atoms with Crippen molar-refractivity contribution < 1.29 is 23.8 Å². The number of nitrogen functional groups attached to an aromatic ring is 1. The molecule has 1 saturated carbocycles. The maximum Gasteiger partial charge on any atom is 0.254 e. The van der Waals surface area contributed by atoms with E-state index in [0.717, 1.165) is 31.4 Å². The van der Waals surface area contributed by atoms with Gasteiger partial charge in [0, 0.05) is 29.7 Å². The van der Waals surface area contributed by atoms with E-state index >= 15 is 4.39 Å². The van der Waals surface area contributed by atoms with E-state index in [4.69, 9.17) is 27.1 Å². The van der Waals surface area contributed by atoms with E-state index in [9.17, 15) is 14.7 Å². The number of aliphatic hydroxyl groups excluding tert-OH is 1. The summed E-state index contributed by atoms with van der Waals surface area (Å²) in [6.45, 7) is -0.347. The van der Waals surface area contributed by atoms with Gasteiger partial charge >= 0.3 is 0 Å². The minimum atomic E-state index is -0.758. The summed E-state index contributed by atoms with van der Waals surface area (Å²) in [4.78, 5) is 33.6. The number of nitrogens with two attached hydrogens (primary N) is 1. The molecule has 1 fully saturated rings. The Hall–Kier alpha value is -3.60. The predicted molar refractivity (Wildman–Crippen MR) is 146 cm³/mol. The second-order valence-electron chi connectivity index (χ2n) is 9.54. The standard InChI is InChI=1S/C28H31ClFN5O4/c1-39-15-25(37)33-20-8-5-16(6-9-20)23-13-32-27(31)26(34-23)18-7-10-21(22(30)12-18)28(38)35-24(14-36)17-3-2-4-19(29)11-17/h2-4,7,10-13,16,20,24,36H,5-6,8-9,14-15H2,1H3,(H2,31,32)(H,33,37)(H,35,38)/t16-,20-,24-/m1/s1. The van der Waals surface area contributed by atoms with Crippen LogP contribution in [-0.2, 0) is 9.53 Å². The molecule has 0 bridgehead atoms. The van der Waals surface area contributed by atoms with Crippen LogP contribution in [0.4, 0.5) is 10.2 Å². The number of amides is 2. The molecule has 0 spiro atoms. The van der Waals surface area contributed by atoms with Crippen LogP contribution in [0, 0.1) is 5.82 Å². The van der Waals surface area contributed by atoms with Crippen LogP contribution < -0.4 is 16.4 Å². The average Bonchev–Trinajstić information content (AvgIpc) is 2.92. The molecule has 1 aromatic heterocycles. The molecule has 1 aliphatic carbocycles. The second-order valence-corrected chi connectivity index (χ2v) is 9.97. The van der Waals surface area contributed by atoms with Gasteiger partial charge in [0.2, 0.25) is 5.91 Å². The summed E-state index contributed by atoms with van der Waals surface area (Å²) in [5.41, 5.74) is 7.98. The van der Waals surface area contributed by atoms with Gasteiger partial charge in [-0.1, -0.05) is 29.8 Å². The van der Waals surface area contributed by atoms with Crippen molar-refractivity contribution in [1.82, 2.24) is 20.6 Å². The van der Waals surface area contributed by atoms with Crippen LogP contribution in [0.15, 0.2) is 48.7 Å². The summed E-state index contributed by atoms with van der Waals surface area (Å²) in [6, 6.07) is 10.2. The van der Waals surface area contributed by atoms with Gasteiger partial charge < -0.3 is 26.2 Å². The van der Waals surface area contributed by atoms with Crippen LogP contribution in [0.3, 0.4) is 0 Å². The smallest absolute Gasteiger partial charge is 0.254 e. The number of hydrogen-bond donors (Lipinski definition) is 4. The lowest BCUT2D eigenvalue weighted by atomic mass is 9.84. The van der Waals surface area contributed by atoms with E-state index in [1.54, 1.807) is 36.5 Å². The number of hydrogen-bond acceptors (Lipinski definition) is 7. The van der Waals surface area contributed by atoms with Gasteiger partial charge in [-0.25, -0.2) is 14.4 Å². The minimum Gasteiger partial charge on any atom is -0.394 e. The lowest BCUT2D eigenvalue weighted by Gasteiger charge is -2.28. The fourth-order valence-electron chi connectivity index (χ4n) is 4.80. The van der Waals surface area contributed by atoms with E-state index in [1.807, 2.05) is 0 Å². The number of ether oxygens (including phenoxy) is 1. The molecule has 1 aliphatic rings. The van der Waals surface area contributed by atoms with Crippen molar-refractivity contribution in [3.63, 3.8) is 0 Å². The van der Waals surface area contributed by atoms with E-state index in [2.05, 4.69) is 15.6 Å². The zero-order valence-electron chi connectivity index (χ0n) is 21.5. The van der Waals surface area contributed by atoms with Gasteiger partial charge in [0.1, 0.15) is 23.9 Å². The number of benzene rings is 2. The molecule has 2 aromatic carbocycles. The molecule has 0 unspecified atom stereocenters. The van der Waals surface area contributed by atoms with Crippen molar-refractivity contribution in [2.24, 2.45) is 0 Å². The summed E-state index contributed by atoms with van der Waals surface area (Å²) >= 11 is 6.01. The highest BCUT2D eigenvalue weighted by Gasteiger charge is 2.26. The predicted octanol–water partition coefficient (Wildman–Crippen LogP) is 3.77. The third-order valence-electron chi connectivity index (χ3n) is 6.83. The number of rotatable bonds is 9. The Labute approximate surface area is 230 Å². The average molecular weight is 556 g/mol. The molecule has 11 heteroatoms. The van der Waals surface area contributed by atoms with Gasteiger partial charge in [0.25, 0.3) is 5.91 Å². The van der Waals surface area contributed by atoms with Crippen molar-refractivity contribution in [2.75, 3.05) is 26.1 Å². The van der Waals surface area contributed by atoms with Crippen LogP contribution in [-0.4, -0.2) is 53.3 Å². The number of carbonyl (C=O) groups excluding carboxylic acids is 2. The van der Waals surface area contributed by atoms with Gasteiger partial charge in [-0.05, 0) is 55.5 Å². The fraction of sp³-hybridized carbons (Fsp3) is 0.357. The van der Waals surface area contributed by atoms with E-state index < -0.39 is 17.8 Å². The number of methoxy groups -OCH3 is 1. The number of halogens is 2. The van der Waals surface area contributed by atoms with Gasteiger partial charge in [-0.2, -0.15) is 0 Å². The highest BCUT2D eigenvalue weighted by molar-refractivity contribution is 6.30. The first-order valence-electron chi connectivity index (χ1n) is 12.7. The Morgan fingerprint density at radius 3 is 2.64 bits per heavy atom. The number of aromatic nitrogens is 2. The fourth-order valence-corrected chi connectivity index (χ4v) is 4.99. The first-order valence-corrected chi connectivity index (χ1v) is 13.0. The maximum atomic E-state index is 15.1.